The van der Waals surface area contributed by atoms with Gasteiger partial charge in [0.1, 0.15) is 0 Å². The quantitative estimate of drug-likeness (QED) is 0.804. The Morgan fingerprint density at radius 1 is 1.47 bits per heavy atom. The minimum Gasteiger partial charge on any atom is -0.481 e. The smallest absolute Gasteiger partial charge is 0.358 e. The van der Waals surface area contributed by atoms with E-state index in [2.05, 4.69) is 15.5 Å². The Bertz CT molecular complexity index is 568. The molecule has 7 heteroatoms. The zero-order valence-electron chi connectivity index (χ0n) is 10.3. The van der Waals surface area contributed by atoms with Gasteiger partial charge in [0.25, 0.3) is 0 Å². The first-order valence-corrected chi connectivity index (χ1v) is 5.57. The van der Waals surface area contributed by atoms with Gasteiger partial charge in [0.15, 0.2) is 11.5 Å². The van der Waals surface area contributed by atoms with Gasteiger partial charge in [-0.25, -0.2) is 9.78 Å². The summed E-state index contributed by atoms with van der Waals surface area (Å²) in [6.45, 7) is 0.979. The Balaban J connectivity index is 1.86. The van der Waals surface area contributed by atoms with Crippen LogP contribution in [0.1, 0.15) is 21.8 Å². The number of hydrogen-bond donors (Lipinski definition) is 2. The summed E-state index contributed by atoms with van der Waals surface area (Å²) in [5.41, 5.74) is 0.909. The van der Waals surface area contributed by atoms with E-state index < -0.39 is 5.97 Å². The number of carbonyl (C=O) groups is 1. The molecule has 2 rings (SSSR count). The molecule has 100 valence electrons. The first-order chi connectivity index (χ1) is 9.19. The average molecular weight is 263 g/mol. The topological polar surface area (TPSA) is 97.5 Å². The van der Waals surface area contributed by atoms with Crippen molar-refractivity contribution in [2.45, 2.75) is 13.1 Å². The highest BCUT2D eigenvalue weighted by molar-refractivity contribution is 5.85. The van der Waals surface area contributed by atoms with Crippen LogP contribution in [0.4, 0.5) is 0 Å². The maximum Gasteiger partial charge on any atom is 0.358 e. The van der Waals surface area contributed by atoms with E-state index >= 15 is 0 Å². The lowest BCUT2D eigenvalue weighted by Crippen LogP contribution is -2.12. The van der Waals surface area contributed by atoms with Crippen LogP contribution < -0.4 is 10.1 Å². The molecule has 7 nitrogen and oxygen atoms in total. The van der Waals surface area contributed by atoms with Crippen LogP contribution in [0, 0.1) is 0 Å². The molecule has 0 aromatic carbocycles. The standard InChI is InChI=1S/C12H13N3O4/c1-18-11-4-8(2-3-14-11)6-13-7-9-5-10(12(16)17)15-19-9/h2-5,13H,6-7H2,1H3,(H,16,17). The number of methoxy groups -OCH3 is 1. The Morgan fingerprint density at radius 2 is 2.32 bits per heavy atom. The Hall–Kier alpha value is -2.41. The number of pyridine rings is 1. The first-order valence-electron chi connectivity index (χ1n) is 5.57. The average Bonchev–Trinajstić information content (AvgIpc) is 2.88. The van der Waals surface area contributed by atoms with Gasteiger partial charge in [0.05, 0.1) is 13.7 Å². The summed E-state index contributed by atoms with van der Waals surface area (Å²) in [7, 11) is 1.56. The molecule has 0 atom stereocenters. The van der Waals surface area contributed by atoms with E-state index in [1.54, 1.807) is 13.3 Å². The van der Waals surface area contributed by atoms with Crippen molar-refractivity contribution in [1.82, 2.24) is 15.5 Å². The molecule has 0 spiro atoms. The predicted octanol–water partition coefficient (Wildman–Crippen LogP) is 1.07. The van der Waals surface area contributed by atoms with Crippen molar-refractivity contribution >= 4 is 5.97 Å². The van der Waals surface area contributed by atoms with Gasteiger partial charge in [-0.2, -0.15) is 0 Å². The predicted molar refractivity (Wildman–Crippen MR) is 64.8 cm³/mol. The second kappa shape index (κ2) is 5.96. The third-order valence-corrected chi connectivity index (χ3v) is 2.41. The number of nitrogens with zero attached hydrogens (tertiary/aromatic N) is 2. The zero-order valence-corrected chi connectivity index (χ0v) is 10.3. The van der Waals surface area contributed by atoms with Crippen LogP contribution in [0.3, 0.4) is 0 Å². The first kappa shape index (κ1) is 13.0. The number of carboxylic acids is 1. The van der Waals surface area contributed by atoms with Crippen LogP contribution in [0.15, 0.2) is 28.9 Å². The van der Waals surface area contributed by atoms with Gasteiger partial charge in [-0.1, -0.05) is 5.16 Å². The fourth-order valence-electron chi connectivity index (χ4n) is 1.50. The molecule has 0 saturated heterocycles. The normalized spacial score (nSPS) is 10.4. The van der Waals surface area contributed by atoms with Gasteiger partial charge in [-0.05, 0) is 11.6 Å². The minimum absolute atomic E-state index is 0.0950. The second-order valence-corrected chi connectivity index (χ2v) is 3.79. The molecular weight excluding hydrogens is 250 g/mol. The maximum absolute atomic E-state index is 10.6. The highest BCUT2D eigenvalue weighted by Crippen LogP contribution is 2.09. The van der Waals surface area contributed by atoms with Gasteiger partial charge < -0.3 is 19.7 Å². The third-order valence-electron chi connectivity index (χ3n) is 2.41. The third kappa shape index (κ3) is 3.52. The molecule has 2 aromatic rings. The van der Waals surface area contributed by atoms with E-state index in [-0.39, 0.29) is 5.69 Å². The highest BCUT2D eigenvalue weighted by Gasteiger charge is 2.10. The van der Waals surface area contributed by atoms with Gasteiger partial charge >= 0.3 is 5.97 Å². The molecule has 0 radical (unpaired) electrons. The lowest BCUT2D eigenvalue weighted by Gasteiger charge is -2.04. The van der Waals surface area contributed by atoms with Crippen molar-refractivity contribution in [1.29, 1.82) is 0 Å². The molecular formula is C12H13N3O4. The molecule has 0 saturated carbocycles. The summed E-state index contributed by atoms with van der Waals surface area (Å²) < 4.78 is 9.89. The van der Waals surface area contributed by atoms with E-state index in [1.165, 1.54) is 6.07 Å². The van der Waals surface area contributed by atoms with Crippen molar-refractivity contribution in [3.8, 4) is 5.88 Å². The summed E-state index contributed by atoms with van der Waals surface area (Å²) >= 11 is 0. The number of aromatic nitrogens is 2. The van der Waals surface area contributed by atoms with Gasteiger partial charge in [-0.3, -0.25) is 0 Å². The molecule has 0 amide bonds. The summed E-state index contributed by atoms with van der Waals surface area (Å²) in [4.78, 5) is 14.6. The zero-order chi connectivity index (χ0) is 13.7. The maximum atomic E-state index is 10.6. The lowest BCUT2D eigenvalue weighted by molar-refractivity contribution is 0.0685. The molecule has 0 aliphatic carbocycles. The van der Waals surface area contributed by atoms with E-state index in [9.17, 15) is 4.79 Å². The van der Waals surface area contributed by atoms with E-state index in [1.807, 2.05) is 12.1 Å². The number of hydrogen-bond acceptors (Lipinski definition) is 6. The number of nitrogens with one attached hydrogen (secondary N) is 1. The molecule has 0 bridgehead atoms. The molecule has 0 aliphatic rings. The van der Waals surface area contributed by atoms with Crippen LogP contribution in [0.25, 0.3) is 0 Å². The van der Waals surface area contributed by atoms with E-state index in [0.717, 1.165) is 5.56 Å². The Kier molecular flexibility index (Phi) is 4.09. The summed E-state index contributed by atoms with van der Waals surface area (Å²) in [5, 5.41) is 15.2. The Labute approximate surface area is 109 Å². The number of carboxylic acid groups (broad SMARTS) is 1. The molecule has 19 heavy (non-hydrogen) atoms. The molecule has 2 heterocycles. The summed E-state index contributed by atoms with van der Waals surface area (Å²) in [6, 6.07) is 5.07. The minimum atomic E-state index is -1.10. The molecule has 0 fully saturated rings. The van der Waals surface area contributed by atoms with Crippen molar-refractivity contribution in [3.05, 3.63) is 41.4 Å². The monoisotopic (exact) mass is 263 g/mol. The largest absolute Gasteiger partial charge is 0.481 e. The van der Waals surface area contributed by atoms with Crippen molar-refractivity contribution in [2.75, 3.05) is 7.11 Å². The van der Waals surface area contributed by atoms with Gasteiger partial charge in [0, 0.05) is 24.9 Å². The Morgan fingerprint density at radius 3 is 3.00 bits per heavy atom. The van der Waals surface area contributed by atoms with Crippen molar-refractivity contribution in [2.24, 2.45) is 0 Å². The fraction of sp³-hybridized carbons (Fsp3) is 0.250. The van der Waals surface area contributed by atoms with Crippen molar-refractivity contribution < 1.29 is 19.2 Å². The highest BCUT2D eigenvalue weighted by atomic mass is 16.5. The van der Waals surface area contributed by atoms with E-state index in [4.69, 9.17) is 14.4 Å². The molecule has 0 unspecified atom stereocenters. The molecule has 0 aliphatic heterocycles. The van der Waals surface area contributed by atoms with Gasteiger partial charge in [0.2, 0.25) is 5.88 Å². The van der Waals surface area contributed by atoms with Crippen LogP contribution in [0.2, 0.25) is 0 Å². The number of ether oxygens (including phenoxy) is 1. The van der Waals surface area contributed by atoms with Crippen LogP contribution in [-0.4, -0.2) is 28.3 Å². The lowest BCUT2D eigenvalue weighted by atomic mass is 10.2. The molecule has 2 N–H and O–H groups in total. The fourth-order valence-corrected chi connectivity index (χ4v) is 1.50. The van der Waals surface area contributed by atoms with Crippen LogP contribution in [0.5, 0.6) is 5.88 Å². The van der Waals surface area contributed by atoms with Gasteiger partial charge in [-0.15, -0.1) is 0 Å². The summed E-state index contributed by atoms with van der Waals surface area (Å²) in [5.74, 6) is -0.0839. The van der Waals surface area contributed by atoms with E-state index in [0.29, 0.717) is 24.7 Å². The van der Waals surface area contributed by atoms with Crippen LogP contribution >= 0.6 is 0 Å². The summed E-state index contributed by atoms with van der Waals surface area (Å²) in [6.07, 6.45) is 1.66. The number of aromatic carboxylic acids is 1. The second-order valence-electron chi connectivity index (χ2n) is 3.79. The number of rotatable bonds is 6. The SMILES string of the molecule is COc1cc(CNCc2cc(C(=O)O)no2)ccn1. The van der Waals surface area contributed by atoms with Crippen molar-refractivity contribution in [3.63, 3.8) is 0 Å². The molecule has 2 aromatic heterocycles. The van der Waals surface area contributed by atoms with Crippen LogP contribution in [-0.2, 0) is 13.1 Å².